The molecule has 0 amide bonds. The Labute approximate surface area is 155 Å². The molecule has 4 rings (SSSR count). The Morgan fingerprint density at radius 2 is 2.00 bits per heavy atom. The summed E-state index contributed by atoms with van der Waals surface area (Å²) < 4.78 is 1.77. The maximum absolute atomic E-state index is 9.09. The molecular formula is C19H16N8. The third-order valence-corrected chi connectivity index (χ3v) is 4.33. The first-order valence-corrected chi connectivity index (χ1v) is 8.25. The number of nitrogens with zero attached hydrogens (tertiary/aromatic N) is 6. The summed E-state index contributed by atoms with van der Waals surface area (Å²) >= 11 is 0. The van der Waals surface area contributed by atoms with Crippen LogP contribution in [0.15, 0.2) is 42.7 Å². The molecule has 3 aromatic heterocycles. The van der Waals surface area contributed by atoms with Crippen LogP contribution in [-0.2, 0) is 6.54 Å². The minimum absolute atomic E-state index is 0.142. The predicted molar refractivity (Wildman–Crippen MR) is 102 cm³/mol. The van der Waals surface area contributed by atoms with Crippen molar-refractivity contribution in [1.29, 1.82) is 5.26 Å². The topological polar surface area (TPSA) is 132 Å². The Bertz CT molecular complexity index is 1200. The van der Waals surface area contributed by atoms with Gasteiger partial charge in [0.15, 0.2) is 5.65 Å². The second-order valence-corrected chi connectivity index (χ2v) is 6.20. The lowest BCUT2D eigenvalue weighted by molar-refractivity contribution is 0.704. The zero-order valence-corrected chi connectivity index (χ0v) is 14.6. The lowest BCUT2D eigenvalue weighted by Gasteiger charge is -2.08. The van der Waals surface area contributed by atoms with Crippen LogP contribution in [0.5, 0.6) is 0 Å². The Kier molecular flexibility index (Phi) is 3.90. The average Bonchev–Trinajstić information content (AvgIpc) is 3.06. The Balaban J connectivity index is 1.82. The van der Waals surface area contributed by atoms with E-state index >= 15 is 0 Å². The number of hydrogen-bond acceptors (Lipinski definition) is 7. The summed E-state index contributed by atoms with van der Waals surface area (Å²) in [5, 5.41) is 14.3. The van der Waals surface area contributed by atoms with E-state index in [1.165, 1.54) is 0 Å². The van der Waals surface area contributed by atoms with Crippen LogP contribution < -0.4 is 11.5 Å². The van der Waals surface area contributed by atoms with Crippen LogP contribution in [0.3, 0.4) is 0 Å². The van der Waals surface area contributed by atoms with Gasteiger partial charge in [0.05, 0.1) is 23.8 Å². The Hall–Kier alpha value is -3.99. The molecule has 8 nitrogen and oxygen atoms in total. The van der Waals surface area contributed by atoms with E-state index in [0.29, 0.717) is 23.6 Å². The van der Waals surface area contributed by atoms with Crippen molar-refractivity contribution in [3.63, 3.8) is 0 Å². The van der Waals surface area contributed by atoms with E-state index in [1.807, 2.05) is 31.2 Å². The van der Waals surface area contributed by atoms with Gasteiger partial charge in [-0.05, 0) is 36.2 Å². The van der Waals surface area contributed by atoms with Gasteiger partial charge in [0.25, 0.3) is 0 Å². The molecule has 0 bridgehead atoms. The summed E-state index contributed by atoms with van der Waals surface area (Å²) in [6.07, 6.45) is 3.28. The number of fused-ring (bicyclic) bond motifs is 1. The van der Waals surface area contributed by atoms with Crippen LogP contribution in [0, 0.1) is 18.3 Å². The van der Waals surface area contributed by atoms with Crippen LogP contribution in [0.4, 0.5) is 11.6 Å². The minimum atomic E-state index is 0.142. The number of anilines is 2. The van der Waals surface area contributed by atoms with Crippen LogP contribution in [0.25, 0.3) is 22.3 Å². The molecule has 0 aliphatic heterocycles. The molecule has 4 aromatic rings. The molecule has 1 aromatic carbocycles. The van der Waals surface area contributed by atoms with E-state index in [9.17, 15) is 0 Å². The molecule has 0 aliphatic rings. The maximum atomic E-state index is 9.09. The molecule has 0 atom stereocenters. The number of nitriles is 1. The lowest BCUT2D eigenvalue weighted by Crippen LogP contribution is -2.05. The number of rotatable bonds is 3. The first-order chi connectivity index (χ1) is 13.0. The molecule has 0 saturated heterocycles. The molecule has 0 unspecified atom stereocenters. The molecule has 0 aliphatic carbocycles. The van der Waals surface area contributed by atoms with Gasteiger partial charge < -0.3 is 11.5 Å². The first kappa shape index (κ1) is 16.5. The SMILES string of the molecule is Cc1cc(Cn2ncc3c(-c4ccnc(C#N)c4)nc(N)nc32)ccc1N. The van der Waals surface area contributed by atoms with E-state index in [0.717, 1.165) is 27.8 Å². The molecule has 8 heteroatoms. The molecule has 0 fully saturated rings. The number of benzene rings is 1. The second kappa shape index (κ2) is 6.38. The minimum Gasteiger partial charge on any atom is -0.399 e. The summed E-state index contributed by atoms with van der Waals surface area (Å²) in [7, 11) is 0. The molecule has 4 N–H and O–H groups in total. The smallest absolute Gasteiger partial charge is 0.222 e. The van der Waals surface area contributed by atoms with Gasteiger partial charge >= 0.3 is 0 Å². The molecule has 0 radical (unpaired) electrons. The van der Waals surface area contributed by atoms with Gasteiger partial charge in [-0.15, -0.1) is 0 Å². The third-order valence-electron chi connectivity index (χ3n) is 4.33. The normalized spacial score (nSPS) is 10.8. The van der Waals surface area contributed by atoms with E-state index in [1.54, 1.807) is 29.2 Å². The first-order valence-electron chi connectivity index (χ1n) is 8.25. The fourth-order valence-electron chi connectivity index (χ4n) is 2.96. The average molecular weight is 356 g/mol. The summed E-state index contributed by atoms with van der Waals surface area (Å²) in [6, 6.07) is 11.3. The standard InChI is InChI=1S/C19H16N8/c1-11-6-12(2-3-16(11)21)10-27-18-15(9-24-27)17(25-19(22)26-18)13-4-5-23-14(7-13)8-20/h2-7,9H,10,21H2,1H3,(H2,22,25,26). The summed E-state index contributed by atoms with van der Waals surface area (Å²) in [4.78, 5) is 12.7. The highest BCUT2D eigenvalue weighted by Gasteiger charge is 2.14. The third kappa shape index (κ3) is 3.02. The van der Waals surface area contributed by atoms with E-state index in [-0.39, 0.29) is 5.95 Å². The van der Waals surface area contributed by atoms with Crippen molar-refractivity contribution in [3.8, 4) is 17.3 Å². The zero-order chi connectivity index (χ0) is 19.0. The quantitative estimate of drug-likeness (QED) is 0.538. The monoisotopic (exact) mass is 356 g/mol. The molecule has 3 heterocycles. The summed E-state index contributed by atoms with van der Waals surface area (Å²) in [5.41, 5.74) is 16.9. The number of hydrogen-bond donors (Lipinski definition) is 2. The summed E-state index contributed by atoms with van der Waals surface area (Å²) in [6.45, 7) is 2.49. The number of aryl methyl sites for hydroxylation is 1. The van der Waals surface area contributed by atoms with Crippen LogP contribution in [0.2, 0.25) is 0 Å². The highest BCUT2D eigenvalue weighted by Crippen LogP contribution is 2.27. The largest absolute Gasteiger partial charge is 0.399 e. The number of nitrogen functional groups attached to an aromatic ring is 2. The van der Waals surface area contributed by atoms with Crippen molar-refractivity contribution < 1.29 is 0 Å². The van der Waals surface area contributed by atoms with Crippen molar-refractivity contribution in [1.82, 2.24) is 24.7 Å². The van der Waals surface area contributed by atoms with Gasteiger partial charge in [-0.25, -0.2) is 14.6 Å². The Morgan fingerprint density at radius 3 is 2.78 bits per heavy atom. The zero-order valence-electron chi connectivity index (χ0n) is 14.6. The van der Waals surface area contributed by atoms with Gasteiger partial charge in [-0.2, -0.15) is 15.3 Å². The van der Waals surface area contributed by atoms with Crippen LogP contribution in [-0.4, -0.2) is 24.7 Å². The van der Waals surface area contributed by atoms with Gasteiger partial charge in [0.1, 0.15) is 11.8 Å². The van der Waals surface area contributed by atoms with Crippen molar-refractivity contribution in [2.45, 2.75) is 13.5 Å². The molecular weight excluding hydrogens is 340 g/mol. The van der Waals surface area contributed by atoms with Gasteiger partial charge in [-0.1, -0.05) is 12.1 Å². The van der Waals surface area contributed by atoms with Crippen LogP contribution >= 0.6 is 0 Å². The molecule has 0 saturated carbocycles. The summed E-state index contributed by atoms with van der Waals surface area (Å²) in [5.74, 6) is 0.142. The molecule has 27 heavy (non-hydrogen) atoms. The predicted octanol–water partition coefficient (Wildman–Crippen LogP) is 2.28. The lowest BCUT2D eigenvalue weighted by atomic mass is 10.1. The van der Waals surface area contributed by atoms with E-state index < -0.39 is 0 Å². The fraction of sp³-hybridized carbons (Fsp3) is 0.105. The number of pyridine rings is 1. The maximum Gasteiger partial charge on any atom is 0.222 e. The van der Waals surface area contributed by atoms with Gasteiger partial charge in [0.2, 0.25) is 5.95 Å². The molecule has 132 valence electrons. The van der Waals surface area contributed by atoms with E-state index in [2.05, 4.69) is 20.1 Å². The highest BCUT2D eigenvalue weighted by molar-refractivity contribution is 5.91. The van der Waals surface area contributed by atoms with Crippen molar-refractivity contribution in [3.05, 3.63) is 59.5 Å². The van der Waals surface area contributed by atoms with Crippen molar-refractivity contribution in [2.75, 3.05) is 11.5 Å². The Morgan fingerprint density at radius 1 is 1.15 bits per heavy atom. The second-order valence-electron chi connectivity index (χ2n) is 6.20. The highest BCUT2D eigenvalue weighted by atomic mass is 15.3. The van der Waals surface area contributed by atoms with Crippen LogP contribution in [0.1, 0.15) is 16.8 Å². The molecule has 0 spiro atoms. The number of nitrogens with two attached hydrogens (primary N) is 2. The van der Waals surface area contributed by atoms with Crippen molar-refractivity contribution >= 4 is 22.7 Å². The van der Waals surface area contributed by atoms with Gasteiger partial charge in [-0.3, -0.25) is 0 Å². The fourth-order valence-corrected chi connectivity index (χ4v) is 2.96. The van der Waals surface area contributed by atoms with E-state index in [4.69, 9.17) is 16.7 Å². The van der Waals surface area contributed by atoms with Crippen molar-refractivity contribution in [2.24, 2.45) is 0 Å². The number of aromatic nitrogens is 5. The van der Waals surface area contributed by atoms with Gasteiger partial charge in [0, 0.05) is 17.4 Å².